The predicted molar refractivity (Wildman–Crippen MR) is 120 cm³/mol. The van der Waals surface area contributed by atoms with E-state index in [0.29, 0.717) is 29.5 Å². The molecule has 2 aromatic rings. The number of halogens is 1. The van der Waals surface area contributed by atoms with E-state index in [9.17, 15) is 14.4 Å². The summed E-state index contributed by atoms with van der Waals surface area (Å²) in [4.78, 5) is 40.6. The summed E-state index contributed by atoms with van der Waals surface area (Å²) in [5.41, 5.74) is 2.76. The van der Waals surface area contributed by atoms with Crippen LogP contribution in [0.2, 0.25) is 5.02 Å². The van der Waals surface area contributed by atoms with Crippen molar-refractivity contribution in [1.29, 1.82) is 0 Å². The summed E-state index contributed by atoms with van der Waals surface area (Å²) in [6, 6.07) is 10.8. The Morgan fingerprint density at radius 1 is 1.06 bits per heavy atom. The first-order valence-electron chi connectivity index (χ1n) is 10.1. The molecule has 168 valence electrons. The molecule has 2 aliphatic heterocycles. The second kappa shape index (κ2) is 9.56. The van der Waals surface area contributed by atoms with Crippen LogP contribution in [-0.4, -0.2) is 61.9 Å². The molecule has 0 spiro atoms. The van der Waals surface area contributed by atoms with Gasteiger partial charge >= 0.3 is 6.03 Å². The Kier molecular flexibility index (Phi) is 6.59. The van der Waals surface area contributed by atoms with Crippen LogP contribution in [0.25, 0.3) is 0 Å². The molecule has 0 aromatic heterocycles. The third kappa shape index (κ3) is 4.85. The lowest BCUT2D eigenvalue weighted by atomic mass is 10.1. The zero-order valence-electron chi connectivity index (χ0n) is 17.5. The number of hydrogen-bond acceptors (Lipinski definition) is 5. The maximum absolute atomic E-state index is 12.9. The fourth-order valence-corrected chi connectivity index (χ4v) is 3.75. The molecular formula is C22H23ClN4O5. The summed E-state index contributed by atoms with van der Waals surface area (Å²) in [5, 5.41) is 6.13. The summed E-state index contributed by atoms with van der Waals surface area (Å²) in [7, 11) is 0. The molecule has 2 aromatic carbocycles. The number of nitrogens with one attached hydrogen (secondary N) is 2. The van der Waals surface area contributed by atoms with E-state index in [1.807, 2.05) is 6.92 Å². The van der Waals surface area contributed by atoms with Gasteiger partial charge in [0.25, 0.3) is 5.91 Å². The van der Waals surface area contributed by atoms with Crippen molar-refractivity contribution >= 4 is 46.5 Å². The van der Waals surface area contributed by atoms with Crippen LogP contribution < -0.4 is 15.5 Å². The van der Waals surface area contributed by atoms with Crippen LogP contribution in [0.3, 0.4) is 0 Å². The number of urea groups is 1. The number of anilines is 3. The zero-order valence-corrected chi connectivity index (χ0v) is 18.2. The lowest BCUT2D eigenvalue weighted by Gasteiger charge is -2.28. The van der Waals surface area contributed by atoms with Crippen LogP contribution in [-0.2, 0) is 19.1 Å². The van der Waals surface area contributed by atoms with Gasteiger partial charge in [-0.15, -0.1) is 0 Å². The predicted octanol–water partition coefficient (Wildman–Crippen LogP) is 2.84. The summed E-state index contributed by atoms with van der Waals surface area (Å²) in [5.74, 6) is -0.454. The van der Waals surface area contributed by atoms with Gasteiger partial charge in [-0.1, -0.05) is 11.6 Å². The molecule has 0 radical (unpaired) electrons. The van der Waals surface area contributed by atoms with Gasteiger partial charge in [-0.05, 0) is 55.0 Å². The molecule has 1 atom stereocenters. The molecule has 2 saturated heterocycles. The largest absolute Gasteiger partial charge is 0.370 e. The SMILES string of the molecule is Cc1cc(NC(=O)C2COCN2C(=O)Nc2ccc(Cl)cc2)ccc1N1CCOCC1=O. The van der Waals surface area contributed by atoms with E-state index in [1.54, 1.807) is 47.4 Å². The van der Waals surface area contributed by atoms with Gasteiger partial charge in [0, 0.05) is 28.6 Å². The number of carbonyl (C=O) groups excluding carboxylic acids is 3. The Bertz CT molecular complexity index is 1030. The maximum Gasteiger partial charge on any atom is 0.324 e. The molecule has 1 unspecified atom stereocenters. The van der Waals surface area contributed by atoms with E-state index in [2.05, 4.69) is 10.6 Å². The number of benzene rings is 2. The number of aryl methyl sites for hydroxylation is 1. The first-order chi connectivity index (χ1) is 15.4. The number of hydrogen-bond donors (Lipinski definition) is 2. The monoisotopic (exact) mass is 458 g/mol. The molecule has 9 nitrogen and oxygen atoms in total. The highest BCUT2D eigenvalue weighted by Crippen LogP contribution is 2.25. The molecule has 0 saturated carbocycles. The van der Waals surface area contributed by atoms with Crippen molar-refractivity contribution in [1.82, 2.24) is 4.90 Å². The fourth-order valence-electron chi connectivity index (χ4n) is 3.62. The molecule has 32 heavy (non-hydrogen) atoms. The van der Waals surface area contributed by atoms with Gasteiger partial charge in [-0.3, -0.25) is 14.5 Å². The van der Waals surface area contributed by atoms with Gasteiger partial charge < -0.3 is 25.0 Å². The van der Waals surface area contributed by atoms with Crippen LogP contribution in [0, 0.1) is 6.92 Å². The highest BCUT2D eigenvalue weighted by atomic mass is 35.5. The average molecular weight is 459 g/mol. The normalized spacial score (nSPS) is 18.6. The minimum atomic E-state index is -0.775. The van der Waals surface area contributed by atoms with Gasteiger partial charge in [0.05, 0.1) is 13.2 Å². The van der Waals surface area contributed by atoms with Crippen LogP contribution in [0.4, 0.5) is 21.9 Å². The van der Waals surface area contributed by atoms with Crippen molar-refractivity contribution in [3.8, 4) is 0 Å². The number of nitrogens with zero attached hydrogens (tertiary/aromatic N) is 2. The smallest absolute Gasteiger partial charge is 0.324 e. The Morgan fingerprint density at radius 2 is 1.81 bits per heavy atom. The van der Waals surface area contributed by atoms with E-state index in [1.165, 1.54) is 4.90 Å². The topological polar surface area (TPSA) is 100 Å². The van der Waals surface area contributed by atoms with E-state index in [0.717, 1.165) is 11.3 Å². The van der Waals surface area contributed by atoms with E-state index < -0.39 is 12.1 Å². The third-order valence-corrected chi connectivity index (χ3v) is 5.53. The zero-order chi connectivity index (χ0) is 22.7. The quantitative estimate of drug-likeness (QED) is 0.733. The van der Waals surface area contributed by atoms with Crippen LogP contribution in [0.5, 0.6) is 0 Å². The second-order valence-electron chi connectivity index (χ2n) is 7.51. The van der Waals surface area contributed by atoms with Crippen LogP contribution >= 0.6 is 11.6 Å². The van der Waals surface area contributed by atoms with Gasteiger partial charge in [-0.2, -0.15) is 0 Å². The van der Waals surface area contributed by atoms with E-state index in [-0.39, 0.29) is 31.8 Å². The number of rotatable bonds is 4. The molecule has 0 aliphatic carbocycles. The summed E-state index contributed by atoms with van der Waals surface area (Å²) >= 11 is 5.87. The lowest BCUT2D eigenvalue weighted by molar-refractivity contribution is -0.125. The van der Waals surface area contributed by atoms with Crippen molar-refractivity contribution in [2.75, 3.05) is 48.6 Å². The van der Waals surface area contributed by atoms with Crippen molar-refractivity contribution < 1.29 is 23.9 Å². The fraction of sp³-hybridized carbons (Fsp3) is 0.318. The van der Waals surface area contributed by atoms with Crippen LogP contribution in [0.15, 0.2) is 42.5 Å². The van der Waals surface area contributed by atoms with Crippen LogP contribution in [0.1, 0.15) is 5.56 Å². The molecule has 2 aliphatic rings. The number of carbonyl (C=O) groups is 3. The molecule has 2 heterocycles. The molecule has 0 bridgehead atoms. The number of morpholine rings is 1. The van der Waals surface area contributed by atoms with E-state index >= 15 is 0 Å². The molecule has 2 fully saturated rings. The van der Waals surface area contributed by atoms with Crippen molar-refractivity contribution in [2.24, 2.45) is 0 Å². The Hall–Kier alpha value is -3.14. The minimum absolute atomic E-state index is 0.00855. The van der Waals surface area contributed by atoms with Gasteiger partial charge in [0.15, 0.2) is 0 Å². The average Bonchev–Trinajstić information content (AvgIpc) is 3.27. The van der Waals surface area contributed by atoms with Gasteiger partial charge in [-0.25, -0.2) is 4.79 Å². The van der Waals surface area contributed by atoms with Gasteiger partial charge in [0.1, 0.15) is 19.4 Å². The van der Waals surface area contributed by atoms with Crippen molar-refractivity contribution in [2.45, 2.75) is 13.0 Å². The molecule has 4 amide bonds. The highest BCUT2D eigenvalue weighted by molar-refractivity contribution is 6.30. The number of ether oxygens (including phenoxy) is 2. The maximum atomic E-state index is 12.9. The highest BCUT2D eigenvalue weighted by Gasteiger charge is 2.35. The first-order valence-corrected chi connectivity index (χ1v) is 10.5. The lowest BCUT2D eigenvalue weighted by Crippen LogP contribution is -2.46. The standard InChI is InChI=1S/C22H23ClN4O5/c1-14-10-17(6-7-18(14)26-8-9-31-12-20(26)28)24-21(29)19-11-32-13-27(19)22(30)25-16-4-2-15(23)3-5-16/h2-7,10,19H,8-9,11-13H2,1H3,(H,24,29)(H,25,30). The molecule has 2 N–H and O–H groups in total. The Balaban J connectivity index is 1.41. The van der Waals surface area contributed by atoms with Crippen molar-refractivity contribution in [3.63, 3.8) is 0 Å². The van der Waals surface area contributed by atoms with E-state index in [4.69, 9.17) is 21.1 Å². The van der Waals surface area contributed by atoms with Crippen molar-refractivity contribution in [3.05, 3.63) is 53.1 Å². The minimum Gasteiger partial charge on any atom is -0.370 e. The first kappa shape index (κ1) is 22.1. The molecule has 10 heteroatoms. The van der Waals surface area contributed by atoms with Gasteiger partial charge in [0.2, 0.25) is 5.91 Å². The summed E-state index contributed by atoms with van der Waals surface area (Å²) in [6.45, 7) is 3.02. The third-order valence-electron chi connectivity index (χ3n) is 5.28. The molecular weight excluding hydrogens is 436 g/mol. The Morgan fingerprint density at radius 3 is 2.53 bits per heavy atom. The summed E-state index contributed by atoms with van der Waals surface area (Å²) in [6.07, 6.45) is 0. The summed E-state index contributed by atoms with van der Waals surface area (Å²) < 4.78 is 10.5. The number of amides is 4. The Labute approximate surface area is 190 Å². The molecule has 4 rings (SSSR count). The second-order valence-corrected chi connectivity index (χ2v) is 7.95.